The topological polar surface area (TPSA) is 78.0 Å². The molecule has 0 amide bonds. The number of hydrogen-bond acceptors (Lipinski definition) is 4. The third-order valence-corrected chi connectivity index (χ3v) is 4.41. The number of nitrogen functional groups attached to an aromatic ring is 1. The number of rotatable bonds is 1. The Morgan fingerprint density at radius 2 is 2.04 bits per heavy atom. The van der Waals surface area contributed by atoms with Gasteiger partial charge in [0.2, 0.25) is 0 Å². The number of fused-ring (bicyclic) bond motifs is 4. The Bertz CT molecular complexity index is 1060. The van der Waals surface area contributed by atoms with E-state index in [1.807, 2.05) is 18.2 Å². The number of nitrogens with zero attached hydrogens (tertiary/aromatic N) is 2. The van der Waals surface area contributed by atoms with Crippen LogP contribution in [-0.2, 0) is 6.54 Å². The van der Waals surface area contributed by atoms with Crippen LogP contribution in [-0.4, -0.2) is 15.3 Å². The Morgan fingerprint density at radius 3 is 2.78 bits per heavy atom. The van der Waals surface area contributed by atoms with Gasteiger partial charge in [-0.3, -0.25) is 9.59 Å². The lowest BCUT2D eigenvalue weighted by Crippen LogP contribution is -2.23. The molecule has 5 nitrogen and oxygen atoms in total. The van der Waals surface area contributed by atoms with Gasteiger partial charge in [-0.1, -0.05) is 0 Å². The minimum Gasteiger partial charge on any atom is -0.399 e. The number of nitrogens with two attached hydrogens (primary N) is 1. The third-order valence-electron chi connectivity index (χ3n) is 4.41. The first-order chi connectivity index (χ1) is 11.0. The number of aromatic nitrogens is 2. The zero-order chi connectivity index (χ0) is 16.3. The molecule has 3 aromatic rings. The second-order valence-electron chi connectivity index (χ2n) is 5.96. The maximum absolute atomic E-state index is 12.6. The van der Waals surface area contributed by atoms with Crippen molar-refractivity contribution in [2.75, 3.05) is 5.73 Å². The first-order valence-electron chi connectivity index (χ1n) is 7.40. The van der Waals surface area contributed by atoms with E-state index in [4.69, 9.17) is 5.73 Å². The van der Waals surface area contributed by atoms with Gasteiger partial charge in [-0.2, -0.15) is 0 Å². The molecule has 0 saturated carbocycles. The summed E-state index contributed by atoms with van der Waals surface area (Å²) in [7, 11) is 0. The van der Waals surface area contributed by atoms with Gasteiger partial charge in [0, 0.05) is 27.8 Å². The molecule has 3 heterocycles. The van der Waals surface area contributed by atoms with Gasteiger partial charge in [0.1, 0.15) is 0 Å². The maximum atomic E-state index is 12.6. The van der Waals surface area contributed by atoms with Crippen LogP contribution in [0, 0.1) is 6.92 Å². The van der Waals surface area contributed by atoms with E-state index in [-0.39, 0.29) is 11.3 Å². The van der Waals surface area contributed by atoms with Crippen LogP contribution in [0.15, 0.2) is 35.1 Å². The zero-order valence-electron chi connectivity index (χ0n) is 12.9. The molecule has 0 aliphatic carbocycles. The molecule has 4 rings (SSSR count). The lowest BCUT2D eigenvalue weighted by Gasteiger charge is -2.08. The number of carbonyl (C=O) groups excluding carboxylic acids is 1. The van der Waals surface area contributed by atoms with Crippen molar-refractivity contribution < 1.29 is 4.79 Å². The van der Waals surface area contributed by atoms with Gasteiger partial charge in [-0.25, -0.2) is 4.98 Å². The molecular formula is C18H15N3O2. The van der Waals surface area contributed by atoms with Crippen molar-refractivity contribution in [1.82, 2.24) is 9.55 Å². The van der Waals surface area contributed by atoms with E-state index < -0.39 is 0 Å². The van der Waals surface area contributed by atoms with Crippen LogP contribution in [0.2, 0.25) is 0 Å². The van der Waals surface area contributed by atoms with Gasteiger partial charge >= 0.3 is 0 Å². The molecule has 0 saturated heterocycles. The zero-order valence-corrected chi connectivity index (χ0v) is 12.9. The minimum absolute atomic E-state index is 0.106. The van der Waals surface area contributed by atoms with Crippen molar-refractivity contribution in [3.8, 4) is 11.4 Å². The van der Waals surface area contributed by atoms with Gasteiger partial charge in [-0.15, -0.1) is 0 Å². The number of carbonyl (C=O) groups is 1. The van der Waals surface area contributed by atoms with Crippen LogP contribution in [0.5, 0.6) is 0 Å². The van der Waals surface area contributed by atoms with Crippen LogP contribution in [0.3, 0.4) is 0 Å². The van der Waals surface area contributed by atoms with E-state index >= 15 is 0 Å². The van der Waals surface area contributed by atoms with Gasteiger partial charge in [0.25, 0.3) is 5.56 Å². The average Bonchev–Trinajstić information content (AvgIpc) is 2.86. The van der Waals surface area contributed by atoms with Crippen molar-refractivity contribution >= 4 is 22.4 Å². The summed E-state index contributed by atoms with van der Waals surface area (Å²) in [6.07, 6.45) is 0. The van der Waals surface area contributed by atoms with E-state index in [1.165, 1.54) is 6.92 Å². The summed E-state index contributed by atoms with van der Waals surface area (Å²) in [5.74, 6) is -0.106. The van der Waals surface area contributed by atoms with Crippen LogP contribution in [0.1, 0.15) is 28.4 Å². The maximum Gasteiger partial charge on any atom is 0.255 e. The minimum atomic E-state index is -0.130. The quantitative estimate of drug-likeness (QED) is 0.433. The summed E-state index contributed by atoms with van der Waals surface area (Å²) >= 11 is 0. The van der Waals surface area contributed by atoms with E-state index in [1.54, 1.807) is 23.6 Å². The first kappa shape index (κ1) is 13.7. The second kappa shape index (κ2) is 4.52. The summed E-state index contributed by atoms with van der Waals surface area (Å²) < 4.78 is 1.68. The fourth-order valence-corrected chi connectivity index (χ4v) is 3.22. The molecule has 5 heteroatoms. The van der Waals surface area contributed by atoms with Crippen molar-refractivity contribution in [1.29, 1.82) is 0 Å². The Morgan fingerprint density at radius 1 is 1.26 bits per heavy atom. The number of benzene rings is 1. The normalized spacial score (nSPS) is 12.3. The van der Waals surface area contributed by atoms with E-state index in [0.29, 0.717) is 29.1 Å². The first-order valence-corrected chi connectivity index (χ1v) is 7.40. The highest BCUT2D eigenvalue weighted by atomic mass is 16.1. The Labute approximate surface area is 132 Å². The molecule has 114 valence electrons. The van der Waals surface area contributed by atoms with Crippen LogP contribution < -0.4 is 11.3 Å². The largest absolute Gasteiger partial charge is 0.399 e. The molecule has 0 unspecified atom stereocenters. The fourth-order valence-electron chi connectivity index (χ4n) is 3.22. The highest BCUT2D eigenvalue weighted by Crippen LogP contribution is 2.32. The second-order valence-corrected chi connectivity index (χ2v) is 5.96. The molecular weight excluding hydrogens is 290 g/mol. The summed E-state index contributed by atoms with van der Waals surface area (Å²) in [6.45, 7) is 3.64. The number of pyridine rings is 2. The smallest absolute Gasteiger partial charge is 0.255 e. The lowest BCUT2D eigenvalue weighted by molar-refractivity contribution is 0.101. The summed E-state index contributed by atoms with van der Waals surface area (Å²) in [5, 5.41) is 0.952. The van der Waals surface area contributed by atoms with E-state index in [0.717, 1.165) is 22.2 Å². The molecule has 0 radical (unpaired) electrons. The lowest BCUT2D eigenvalue weighted by atomic mass is 10.0. The van der Waals surface area contributed by atoms with Crippen molar-refractivity contribution in [2.24, 2.45) is 0 Å². The predicted molar refractivity (Wildman–Crippen MR) is 89.7 cm³/mol. The highest BCUT2D eigenvalue weighted by Gasteiger charge is 2.24. The summed E-state index contributed by atoms with van der Waals surface area (Å²) in [6, 6.07) is 9.34. The monoisotopic (exact) mass is 305 g/mol. The van der Waals surface area contributed by atoms with Crippen molar-refractivity contribution in [2.45, 2.75) is 20.4 Å². The Kier molecular flexibility index (Phi) is 2.69. The van der Waals surface area contributed by atoms with Crippen molar-refractivity contribution in [3.05, 3.63) is 57.4 Å². The molecule has 0 atom stereocenters. The van der Waals surface area contributed by atoms with E-state index in [2.05, 4.69) is 4.98 Å². The van der Waals surface area contributed by atoms with Gasteiger partial charge < -0.3 is 10.3 Å². The van der Waals surface area contributed by atoms with Gasteiger partial charge in [-0.05, 0) is 44.2 Å². The van der Waals surface area contributed by atoms with Gasteiger partial charge in [0.15, 0.2) is 5.78 Å². The summed E-state index contributed by atoms with van der Waals surface area (Å²) in [4.78, 5) is 29.0. The Balaban J connectivity index is 2.04. The molecule has 1 aliphatic rings. The van der Waals surface area contributed by atoms with Crippen LogP contribution >= 0.6 is 0 Å². The number of hydrogen-bond donors (Lipinski definition) is 1. The number of anilines is 1. The molecule has 2 aromatic heterocycles. The van der Waals surface area contributed by atoms with E-state index in [9.17, 15) is 9.59 Å². The summed E-state index contributed by atoms with van der Waals surface area (Å²) in [5.41, 5.74) is 10.6. The fraction of sp³-hybridized carbons (Fsp3) is 0.167. The Hall–Kier alpha value is -2.95. The molecule has 0 fully saturated rings. The molecule has 1 aliphatic heterocycles. The molecule has 1 aromatic carbocycles. The SMILES string of the molecule is CC(=O)c1cc2n(c(=O)c1C)Cc1cc3cc(N)ccc3nc1-2. The van der Waals surface area contributed by atoms with Crippen LogP contribution in [0.4, 0.5) is 5.69 Å². The standard InChI is InChI=1S/C18H15N3O2/c1-9-14(10(2)22)7-16-17-12(8-21(16)18(9)23)5-11-6-13(19)3-4-15(11)20-17/h3-7H,8,19H2,1-2H3. The highest BCUT2D eigenvalue weighted by molar-refractivity contribution is 5.97. The number of Topliss-reactive ketones (excluding diaryl/α,β-unsaturated/α-hetero) is 1. The van der Waals surface area contributed by atoms with Crippen molar-refractivity contribution in [3.63, 3.8) is 0 Å². The number of ketones is 1. The molecule has 0 bridgehead atoms. The average molecular weight is 305 g/mol. The van der Waals surface area contributed by atoms with Gasteiger partial charge in [0.05, 0.1) is 23.4 Å². The third kappa shape index (κ3) is 1.90. The molecule has 0 spiro atoms. The molecule has 23 heavy (non-hydrogen) atoms. The predicted octanol–water partition coefficient (Wildman–Crippen LogP) is 2.52. The van der Waals surface area contributed by atoms with Crippen LogP contribution in [0.25, 0.3) is 22.3 Å². The molecule has 2 N–H and O–H groups in total.